The van der Waals surface area contributed by atoms with Crippen molar-refractivity contribution in [3.63, 3.8) is 0 Å². The third-order valence-corrected chi connectivity index (χ3v) is 2.42. The molecule has 86 valence electrons. The third kappa shape index (κ3) is 4.12. The average Bonchev–Trinajstić information content (AvgIpc) is 2.35. The molecule has 1 aromatic rings. The Morgan fingerprint density at radius 1 is 1.29 bits per heavy atom. The SMILES string of the molecule is C=C(C#N)/C=C\C(=C/CC)c1ccc(C)cc1. The molecule has 0 aliphatic rings. The van der Waals surface area contributed by atoms with E-state index in [1.807, 2.05) is 12.1 Å². The van der Waals surface area contributed by atoms with Crippen molar-refractivity contribution in [3.05, 3.63) is 65.8 Å². The molecule has 1 heteroatoms. The molecule has 0 fully saturated rings. The van der Waals surface area contributed by atoms with Crippen LogP contribution in [0.1, 0.15) is 24.5 Å². The standard InChI is InChI=1S/C16H17N/c1-4-5-15(11-8-14(3)12-17)16-9-6-13(2)7-10-16/h5-11H,3-4H2,1-2H3/b11-8-,15-5+. The van der Waals surface area contributed by atoms with Gasteiger partial charge in [0.15, 0.2) is 0 Å². The molecule has 0 unspecified atom stereocenters. The summed E-state index contributed by atoms with van der Waals surface area (Å²) < 4.78 is 0. The van der Waals surface area contributed by atoms with Gasteiger partial charge in [-0.05, 0) is 30.6 Å². The Morgan fingerprint density at radius 2 is 1.94 bits per heavy atom. The summed E-state index contributed by atoms with van der Waals surface area (Å²) in [7, 11) is 0. The molecule has 1 aromatic carbocycles. The van der Waals surface area contributed by atoms with Crippen LogP contribution in [-0.2, 0) is 0 Å². The Bertz CT molecular complexity index is 481. The van der Waals surface area contributed by atoms with Crippen molar-refractivity contribution in [1.29, 1.82) is 5.26 Å². The van der Waals surface area contributed by atoms with Gasteiger partial charge in [0.1, 0.15) is 0 Å². The highest BCUT2D eigenvalue weighted by molar-refractivity contribution is 5.74. The number of aryl methyl sites for hydroxylation is 1. The van der Waals surface area contributed by atoms with E-state index in [4.69, 9.17) is 5.26 Å². The van der Waals surface area contributed by atoms with Gasteiger partial charge < -0.3 is 0 Å². The number of hydrogen-bond donors (Lipinski definition) is 0. The molecule has 17 heavy (non-hydrogen) atoms. The minimum Gasteiger partial charge on any atom is -0.192 e. The fourth-order valence-corrected chi connectivity index (χ4v) is 1.48. The summed E-state index contributed by atoms with van der Waals surface area (Å²) in [5.74, 6) is 0. The lowest BCUT2D eigenvalue weighted by molar-refractivity contribution is 1.23. The maximum atomic E-state index is 8.66. The molecule has 0 aromatic heterocycles. The van der Waals surface area contributed by atoms with Crippen LogP contribution in [0.5, 0.6) is 0 Å². The fourth-order valence-electron chi connectivity index (χ4n) is 1.48. The first kappa shape index (κ1) is 13.0. The average molecular weight is 223 g/mol. The second-order valence-corrected chi connectivity index (χ2v) is 3.90. The number of hydrogen-bond acceptors (Lipinski definition) is 1. The van der Waals surface area contributed by atoms with Crippen LogP contribution in [0.3, 0.4) is 0 Å². The van der Waals surface area contributed by atoms with Gasteiger partial charge in [-0.3, -0.25) is 0 Å². The van der Waals surface area contributed by atoms with E-state index in [0.717, 1.165) is 12.0 Å². The number of allylic oxidation sites excluding steroid dienone is 5. The van der Waals surface area contributed by atoms with Crippen molar-refractivity contribution < 1.29 is 0 Å². The van der Waals surface area contributed by atoms with Gasteiger partial charge in [-0.25, -0.2) is 0 Å². The Balaban J connectivity index is 2.99. The van der Waals surface area contributed by atoms with E-state index in [9.17, 15) is 0 Å². The van der Waals surface area contributed by atoms with E-state index in [0.29, 0.717) is 5.57 Å². The zero-order valence-electron chi connectivity index (χ0n) is 10.4. The van der Waals surface area contributed by atoms with Gasteiger partial charge in [-0.15, -0.1) is 0 Å². The highest BCUT2D eigenvalue weighted by Gasteiger charge is 1.97. The molecule has 1 rings (SSSR count). The molecule has 0 spiro atoms. The Hall–Kier alpha value is -2.07. The first-order valence-electron chi connectivity index (χ1n) is 5.71. The fraction of sp³-hybridized carbons (Fsp3) is 0.188. The molecule has 0 bridgehead atoms. The normalized spacial score (nSPS) is 11.5. The van der Waals surface area contributed by atoms with Gasteiger partial charge in [0.2, 0.25) is 0 Å². The Kier molecular flexibility index (Phi) is 4.97. The van der Waals surface area contributed by atoms with E-state index in [1.54, 1.807) is 6.08 Å². The molecular formula is C16H17N. The van der Waals surface area contributed by atoms with E-state index >= 15 is 0 Å². The molecule has 0 radical (unpaired) electrons. The lowest BCUT2D eigenvalue weighted by Crippen LogP contribution is -1.82. The second kappa shape index (κ2) is 6.50. The summed E-state index contributed by atoms with van der Waals surface area (Å²) in [6, 6.07) is 10.4. The smallest absolute Gasteiger partial charge is 0.0985 e. The van der Waals surface area contributed by atoms with Crippen LogP contribution in [0.4, 0.5) is 0 Å². The maximum Gasteiger partial charge on any atom is 0.0985 e. The minimum atomic E-state index is 0.471. The molecule has 0 saturated heterocycles. The summed E-state index contributed by atoms with van der Waals surface area (Å²) in [5.41, 5.74) is 4.01. The van der Waals surface area contributed by atoms with Crippen LogP contribution in [-0.4, -0.2) is 0 Å². The van der Waals surface area contributed by atoms with Gasteiger partial charge in [-0.2, -0.15) is 5.26 Å². The minimum absolute atomic E-state index is 0.471. The molecule has 0 aliphatic heterocycles. The van der Waals surface area contributed by atoms with Crippen LogP contribution in [0.25, 0.3) is 5.57 Å². The maximum absolute atomic E-state index is 8.66. The zero-order chi connectivity index (χ0) is 12.7. The van der Waals surface area contributed by atoms with Crippen molar-refractivity contribution in [1.82, 2.24) is 0 Å². The van der Waals surface area contributed by atoms with Crippen molar-refractivity contribution in [3.8, 4) is 6.07 Å². The first-order valence-corrected chi connectivity index (χ1v) is 5.71. The summed E-state index contributed by atoms with van der Waals surface area (Å²) in [5, 5.41) is 8.66. The highest BCUT2D eigenvalue weighted by Crippen LogP contribution is 2.18. The Labute approximate surface area is 103 Å². The third-order valence-electron chi connectivity index (χ3n) is 2.42. The summed E-state index contributed by atoms with van der Waals surface area (Å²) in [6.45, 7) is 7.81. The van der Waals surface area contributed by atoms with E-state index < -0.39 is 0 Å². The molecular weight excluding hydrogens is 206 g/mol. The second-order valence-electron chi connectivity index (χ2n) is 3.90. The van der Waals surface area contributed by atoms with Crippen molar-refractivity contribution in [2.45, 2.75) is 20.3 Å². The van der Waals surface area contributed by atoms with Crippen LogP contribution in [0.15, 0.2) is 54.6 Å². The van der Waals surface area contributed by atoms with Crippen LogP contribution >= 0.6 is 0 Å². The number of rotatable bonds is 4. The molecule has 0 heterocycles. The van der Waals surface area contributed by atoms with Gasteiger partial charge in [0, 0.05) is 5.57 Å². The van der Waals surface area contributed by atoms with Crippen molar-refractivity contribution in [2.24, 2.45) is 0 Å². The van der Waals surface area contributed by atoms with E-state index in [-0.39, 0.29) is 0 Å². The summed E-state index contributed by atoms with van der Waals surface area (Å²) >= 11 is 0. The molecule has 0 saturated carbocycles. The largest absolute Gasteiger partial charge is 0.192 e. The molecule has 0 amide bonds. The number of benzene rings is 1. The molecule has 0 atom stereocenters. The first-order chi connectivity index (χ1) is 8.17. The number of nitriles is 1. The predicted molar refractivity (Wildman–Crippen MR) is 73.3 cm³/mol. The molecule has 0 aliphatic carbocycles. The lowest BCUT2D eigenvalue weighted by atomic mass is 10.0. The monoisotopic (exact) mass is 223 g/mol. The van der Waals surface area contributed by atoms with Crippen LogP contribution in [0, 0.1) is 18.3 Å². The predicted octanol–water partition coefficient (Wildman–Crippen LogP) is 4.42. The van der Waals surface area contributed by atoms with Crippen molar-refractivity contribution >= 4 is 5.57 Å². The summed E-state index contributed by atoms with van der Waals surface area (Å²) in [6.07, 6.45) is 6.81. The van der Waals surface area contributed by atoms with Gasteiger partial charge in [0.05, 0.1) is 6.07 Å². The molecule has 1 nitrogen and oxygen atoms in total. The Morgan fingerprint density at radius 3 is 2.47 bits per heavy atom. The van der Waals surface area contributed by atoms with Gasteiger partial charge >= 0.3 is 0 Å². The topological polar surface area (TPSA) is 23.8 Å². The number of nitrogens with zero attached hydrogens (tertiary/aromatic N) is 1. The zero-order valence-corrected chi connectivity index (χ0v) is 10.4. The van der Waals surface area contributed by atoms with E-state index in [1.165, 1.54) is 11.1 Å². The quantitative estimate of drug-likeness (QED) is 0.547. The van der Waals surface area contributed by atoms with E-state index in [2.05, 4.69) is 50.8 Å². The van der Waals surface area contributed by atoms with Crippen molar-refractivity contribution in [2.75, 3.05) is 0 Å². The molecule has 0 N–H and O–H groups in total. The lowest BCUT2D eigenvalue weighted by Gasteiger charge is -2.03. The summed E-state index contributed by atoms with van der Waals surface area (Å²) in [4.78, 5) is 0. The highest BCUT2D eigenvalue weighted by atomic mass is 14.2. The van der Waals surface area contributed by atoms with Crippen LogP contribution < -0.4 is 0 Å². The van der Waals surface area contributed by atoms with Crippen LogP contribution in [0.2, 0.25) is 0 Å². The van der Waals surface area contributed by atoms with Gasteiger partial charge in [0.25, 0.3) is 0 Å². The van der Waals surface area contributed by atoms with Gasteiger partial charge in [-0.1, -0.05) is 55.5 Å².